The van der Waals surface area contributed by atoms with E-state index in [0.717, 1.165) is 19.3 Å². The molecule has 1 heterocycles. The Bertz CT molecular complexity index is 498. The molecule has 1 aromatic rings. The number of aliphatic carboxylic acids is 1. The van der Waals surface area contributed by atoms with Crippen LogP contribution in [0.5, 0.6) is 0 Å². The summed E-state index contributed by atoms with van der Waals surface area (Å²) in [6, 6.07) is 6.88. The van der Waals surface area contributed by atoms with Crippen molar-refractivity contribution in [3.05, 3.63) is 29.8 Å². The number of carbonyl (C=O) groups is 2. The second kappa shape index (κ2) is 7.22. The average Bonchev–Trinajstić information content (AvgIpc) is 2.84. The van der Waals surface area contributed by atoms with E-state index in [1.807, 2.05) is 0 Å². The van der Waals surface area contributed by atoms with E-state index in [0.29, 0.717) is 23.8 Å². The van der Waals surface area contributed by atoms with Gasteiger partial charge in [-0.3, -0.25) is 9.59 Å². The molecular formula is C16H21NO4. The van der Waals surface area contributed by atoms with Crippen LogP contribution in [0.4, 0.5) is 5.69 Å². The minimum atomic E-state index is -0.863. The highest BCUT2D eigenvalue weighted by molar-refractivity contribution is 5.90. The number of anilines is 1. The number of amides is 1. The van der Waals surface area contributed by atoms with Gasteiger partial charge in [-0.05, 0) is 43.9 Å². The minimum Gasteiger partial charge on any atom is -0.481 e. The Morgan fingerprint density at radius 1 is 1.29 bits per heavy atom. The molecule has 5 heteroatoms. The van der Waals surface area contributed by atoms with E-state index >= 15 is 0 Å². The number of benzene rings is 1. The molecule has 2 atom stereocenters. The molecule has 1 saturated heterocycles. The predicted octanol–water partition coefficient (Wildman–Crippen LogP) is 2.60. The van der Waals surface area contributed by atoms with E-state index in [9.17, 15) is 9.59 Å². The molecule has 1 aliphatic heterocycles. The molecular weight excluding hydrogens is 270 g/mol. The largest absolute Gasteiger partial charge is 0.481 e. The van der Waals surface area contributed by atoms with Gasteiger partial charge in [-0.15, -0.1) is 0 Å². The third-order valence-electron chi connectivity index (χ3n) is 3.61. The molecule has 1 aromatic carbocycles. The van der Waals surface area contributed by atoms with Gasteiger partial charge in [0.05, 0.1) is 18.6 Å². The lowest BCUT2D eigenvalue weighted by Gasteiger charge is -2.11. The second-order valence-corrected chi connectivity index (χ2v) is 5.50. The summed E-state index contributed by atoms with van der Waals surface area (Å²) in [5.41, 5.74) is 1.41. The Hall–Kier alpha value is -1.88. The van der Waals surface area contributed by atoms with Crippen LogP contribution in [0, 0.1) is 0 Å². The van der Waals surface area contributed by atoms with Crippen LogP contribution < -0.4 is 5.32 Å². The molecule has 114 valence electrons. The number of hydrogen-bond acceptors (Lipinski definition) is 3. The van der Waals surface area contributed by atoms with Crippen LogP contribution in [0.15, 0.2) is 24.3 Å². The van der Waals surface area contributed by atoms with Gasteiger partial charge >= 0.3 is 5.97 Å². The topological polar surface area (TPSA) is 75.6 Å². The average molecular weight is 291 g/mol. The first-order chi connectivity index (χ1) is 10.0. The second-order valence-electron chi connectivity index (χ2n) is 5.50. The molecule has 1 fully saturated rings. The van der Waals surface area contributed by atoms with Crippen LogP contribution in [0.1, 0.15) is 38.2 Å². The smallest absolute Gasteiger partial charge is 0.307 e. The fourth-order valence-electron chi connectivity index (χ4n) is 2.49. The summed E-state index contributed by atoms with van der Waals surface area (Å²) in [5, 5.41) is 11.5. The number of carboxylic acid groups (broad SMARTS) is 1. The first-order valence-corrected chi connectivity index (χ1v) is 7.29. The summed E-state index contributed by atoms with van der Waals surface area (Å²) in [7, 11) is 0. The Morgan fingerprint density at radius 2 is 2.00 bits per heavy atom. The fourth-order valence-corrected chi connectivity index (χ4v) is 2.49. The summed E-state index contributed by atoms with van der Waals surface area (Å²) >= 11 is 0. The third-order valence-corrected chi connectivity index (χ3v) is 3.61. The number of rotatable bonds is 6. The Morgan fingerprint density at radius 3 is 2.57 bits per heavy atom. The lowest BCUT2D eigenvalue weighted by Crippen LogP contribution is -2.16. The summed E-state index contributed by atoms with van der Waals surface area (Å²) in [6.07, 6.45) is 3.77. The number of nitrogens with one attached hydrogen (secondary N) is 1. The van der Waals surface area contributed by atoms with E-state index < -0.39 is 5.97 Å². The van der Waals surface area contributed by atoms with Gasteiger partial charge < -0.3 is 15.2 Å². The van der Waals surface area contributed by atoms with Crippen molar-refractivity contribution >= 4 is 17.6 Å². The molecule has 0 radical (unpaired) electrons. The van der Waals surface area contributed by atoms with Gasteiger partial charge in [0, 0.05) is 12.1 Å². The summed E-state index contributed by atoms with van der Waals surface area (Å²) in [6.45, 7) is 2.05. The first kappa shape index (κ1) is 15.5. The van der Waals surface area contributed by atoms with Gasteiger partial charge in [0.2, 0.25) is 5.91 Å². The highest BCUT2D eigenvalue weighted by atomic mass is 16.5. The van der Waals surface area contributed by atoms with Crippen molar-refractivity contribution < 1.29 is 19.4 Å². The van der Waals surface area contributed by atoms with Crippen molar-refractivity contribution in [3.63, 3.8) is 0 Å². The van der Waals surface area contributed by atoms with Gasteiger partial charge in [0.15, 0.2) is 0 Å². The van der Waals surface area contributed by atoms with Crippen LogP contribution >= 0.6 is 0 Å². The maximum Gasteiger partial charge on any atom is 0.307 e. The molecule has 21 heavy (non-hydrogen) atoms. The van der Waals surface area contributed by atoms with Gasteiger partial charge in [-0.1, -0.05) is 12.1 Å². The normalized spacial score (nSPS) is 21.2. The molecule has 0 aliphatic carbocycles. The van der Waals surface area contributed by atoms with E-state index in [1.54, 1.807) is 24.3 Å². The third kappa shape index (κ3) is 5.19. The minimum absolute atomic E-state index is 0.00850. The molecule has 2 rings (SSSR count). The SMILES string of the molecule is CC1CCC(CCC(=O)Nc2ccc(CC(=O)O)cc2)O1. The van der Waals surface area contributed by atoms with E-state index in [4.69, 9.17) is 9.84 Å². The monoisotopic (exact) mass is 291 g/mol. The predicted molar refractivity (Wildman–Crippen MR) is 79.2 cm³/mol. The van der Waals surface area contributed by atoms with Crippen molar-refractivity contribution in [2.45, 2.75) is 51.2 Å². The molecule has 5 nitrogen and oxygen atoms in total. The summed E-state index contributed by atoms with van der Waals surface area (Å²) in [5.74, 6) is -0.901. The molecule has 1 amide bonds. The van der Waals surface area contributed by atoms with Gasteiger partial charge in [-0.25, -0.2) is 0 Å². The zero-order chi connectivity index (χ0) is 15.2. The van der Waals surface area contributed by atoms with Crippen molar-refractivity contribution in [1.29, 1.82) is 0 Å². The van der Waals surface area contributed by atoms with Crippen molar-refractivity contribution in [3.8, 4) is 0 Å². The quantitative estimate of drug-likeness (QED) is 0.844. The van der Waals surface area contributed by atoms with Crippen molar-refractivity contribution in [2.24, 2.45) is 0 Å². The number of ether oxygens (including phenoxy) is 1. The van der Waals surface area contributed by atoms with Crippen molar-refractivity contribution in [1.82, 2.24) is 0 Å². The van der Waals surface area contributed by atoms with Crippen LogP contribution in [0.2, 0.25) is 0 Å². The zero-order valence-electron chi connectivity index (χ0n) is 12.2. The van der Waals surface area contributed by atoms with Crippen LogP contribution in [-0.2, 0) is 20.7 Å². The molecule has 0 saturated carbocycles. The first-order valence-electron chi connectivity index (χ1n) is 7.29. The number of carboxylic acids is 1. The molecule has 0 aromatic heterocycles. The number of carbonyl (C=O) groups excluding carboxylic acids is 1. The summed E-state index contributed by atoms with van der Waals surface area (Å²) < 4.78 is 5.68. The Kier molecular flexibility index (Phi) is 5.33. The maximum atomic E-state index is 11.9. The fraction of sp³-hybridized carbons (Fsp3) is 0.500. The molecule has 0 spiro atoms. The van der Waals surface area contributed by atoms with Gasteiger partial charge in [0.25, 0.3) is 0 Å². The van der Waals surface area contributed by atoms with E-state index in [2.05, 4.69) is 12.2 Å². The summed E-state index contributed by atoms with van der Waals surface area (Å²) in [4.78, 5) is 22.4. The Balaban J connectivity index is 1.75. The zero-order valence-corrected chi connectivity index (χ0v) is 12.2. The highest BCUT2D eigenvalue weighted by Gasteiger charge is 2.22. The van der Waals surface area contributed by atoms with Crippen LogP contribution in [0.25, 0.3) is 0 Å². The Labute approximate surface area is 124 Å². The maximum absolute atomic E-state index is 11.9. The van der Waals surface area contributed by atoms with Crippen molar-refractivity contribution in [2.75, 3.05) is 5.32 Å². The van der Waals surface area contributed by atoms with Crippen LogP contribution in [0.3, 0.4) is 0 Å². The van der Waals surface area contributed by atoms with Gasteiger partial charge in [0.1, 0.15) is 0 Å². The molecule has 1 aliphatic rings. The lowest BCUT2D eigenvalue weighted by atomic mass is 10.1. The van der Waals surface area contributed by atoms with E-state index in [1.165, 1.54) is 0 Å². The van der Waals surface area contributed by atoms with Crippen LogP contribution in [-0.4, -0.2) is 29.2 Å². The highest BCUT2D eigenvalue weighted by Crippen LogP contribution is 2.22. The molecule has 2 unspecified atom stereocenters. The van der Waals surface area contributed by atoms with E-state index in [-0.39, 0.29) is 18.4 Å². The lowest BCUT2D eigenvalue weighted by molar-refractivity contribution is -0.136. The van der Waals surface area contributed by atoms with Gasteiger partial charge in [-0.2, -0.15) is 0 Å². The molecule has 2 N–H and O–H groups in total. The number of hydrogen-bond donors (Lipinski definition) is 2. The standard InChI is InChI=1S/C16H21NO4/c1-11-2-7-14(21-11)8-9-15(18)17-13-5-3-12(4-6-13)10-16(19)20/h3-6,11,14H,2,7-10H2,1H3,(H,17,18)(H,19,20). The molecule has 0 bridgehead atoms.